The van der Waals surface area contributed by atoms with Crippen LogP contribution in [0.25, 0.3) is 0 Å². The van der Waals surface area contributed by atoms with Gasteiger partial charge >= 0.3 is 0 Å². The summed E-state index contributed by atoms with van der Waals surface area (Å²) in [7, 11) is 0. The smallest absolute Gasteiger partial charge is 0.237 e. The summed E-state index contributed by atoms with van der Waals surface area (Å²) in [6, 6.07) is 6.20. The minimum Gasteiger partial charge on any atom is -0.508 e. The van der Waals surface area contributed by atoms with E-state index in [2.05, 4.69) is 18.5 Å². The monoisotopic (exact) mass is 282 g/mol. The van der Waals surface area contributed by atoms with Gasteiger partial charge in [0.2, 0.25) is 5.91 Å². The van der Waals surface area contributed by atoms with Crippen molar-refractivity contribution in [3.63, 3.8) is 0 Å². The number of nitrogens with one attached hydrogen (secondary N) is 1. The minimum absolute atomic E-state index is 0.124. The first kappa shape index (κ1) is 15.9. The number of hydrogen-bond donors (Lipinski definition) is 3. The maximum atomic E-state index is 11.8. The van der Waals surface area contributed by atoms with E-state index in [0.717, 1.165) is 12.0 Å². The number of amides is 1. The summed E-state index contributed by atoms with van der Waals surface area (Å²) in [6.45, 7) is 2.79. The van der Waals surface area contributed by atoms with Crippen LogP contribution in [0.5, 0.6) is 5.75 Å². The molecule has 19 heavy (non-hydrogen) atoms. The zero-order valence-electron chi connectivity index (χ0n) is 11.4. The fourth-order valence-electron chi connectivity index (χ4n) is 1.63. The van der Waals surface area contributed by atoms with E-state index in [1.54, 1.807) is 36.0 Å². The van der Waals surface area contributed by atoms with Crippen LogP contribution >= 0.6 is 11.8 Å². The molecule has 0 aliphatic heterocycles. The normalized spacial score (nSPS) is 13.8. The van der Waals surface area contributed by atoms with Gasteiger partial charge in [-0.2, -0.15) is 11.8 Å². The predicted molar refractivity (Wildman–Crippen MR) is 80.4 cm³/mol. The average molecular weight is 282 g/mol. The van der Waals surface area contributed by atoms with E-state index in [1.807, 2.05) is 0 Å². The number of nitrogens with two attached hydrogens (primary N) is 1. The van der Waals surface area contributed by atoms with Crippen molar-refractivity contribution < 1.29 is 9.90 Å². The highest BCUT2D eigenvalue weighted by molar-refractivity contribution is 7.99. The number of aromatic hydroxyl groups is 1. The molecule has 1 rings (SSSR count). The lowest BCUT2D eigenvalue weighted by atomic mass is 10.1. The summed E-state index contributed by atoms with van der Waals surface area (Å²) in [5.74, 6) is 0.0919. The maximum Gasteiger partial charge on any atom is 0.237 e. The van der Waals surface area contributed by atoms with Crippen LogP contribution in [-0.2, 0) is 11.2 Å². The molecule has 2 unspecified atom stereocenters. The van der Waals surface area contributed by atoms with Gasteiger partial charge in [0.25, 0.3) is 0 Å². The molecule has 0 aliphatic rings. The maximum absolute atomic E-state index is 11.8. The van der Waals surface area contributed by atoms with Gasteiger partial charge in [-0.05, 0) is 36.8 Å². The standard InChI is InChI=1S/C14H22N2O2S/c1-10(19-2)7-8-16-14(18)13(15)9-11-3-5-12(17)6-4-11/h3-6,10,13,17H,7-9,15H2,1-2H3,(H,16,18). The van der Waals surface area contributed by atoms with Crippen molar-refractivity contribution in [2.24, 2.45) is 5.73 Å². The quantitative estimate of drug-likeness (QED) is 0.709. The molecule has 5 heteroatoms. The van der Waals surface area contributed by atoms with Gasteiger partial charge in [0.1, 0.15) is 5.75 Å². The van der Waals surface area contributed by atoms with E-state index < -0.39 is 6.04 Å². The zero-order chi connectivity index (χ0) is 14.3. The minimum atomic E-state index is -0.547. The average Bonchev–Trinajstić information content (AvgIpc) is 2.40. The first-order valence-corrected chi connectivity index (χ1v) is 7.65. The molecule has 4 nitrogen and oxygen atoms in total. The summed E-state index contributed by atoms with van der Waals surface area (Å²) in [5, 5.41) is 12.6. The van der Waals surface area contributed by atoms with Gasteiger partial charge in [-0.1, -0.05) is 19.1 Å². The van der Waals surface area contributed by atoms with Crippen LogP contribution < -0.4 is 11.1 Å². The summed E-state index contributed by atoms with van der Waals surface area (Å²) in [4.78, 5) is 11.8. The third-order valence-electron chi connectivity index (χ3n) is 2.98. The molecule has 0 radical (unpaired) electrons. The molecule has 0 spiro atoms. The lowest BCUT2D eigenvalue weighted by Crippen LogP contribution is -2.42. The second kappa shape index (κ2) is 8.07. The Morgan fingerprint density at radius 1 is 1.42 bits per heavy atom. The molecule has 0 aromatic heterocycles. The van der Waals surface area contributed by atoms with E-state index in [1.165, 1.54) is 0 Å². The van der Waals surface area contributed by atoms with E-state index in [0.29, 0.717) is 18.2 Å². The number of benzene rings is 1. The molecule has 1 amide bonds. The molecule has 106 valence electrons. The van der Waals surface area contributed by atoms with Gasteiger partial charge < -0.3 is 16.2 Å². The second-order valence-corrected chi connectivity index (χ2v) is 5.88. The number of phenolic OH excluding ortho intramolecular Hbond substituents is 1. The molecule has 0 saturated carbocycles. The van der Waals surface area contributed by atoms with Gasteiger partial charge in [-0.25, -0.2) is 0 Å². The number of thioether (sulfide) groups is 1. The van der Waals surface area contributed by atoms with Crippen molar-refractivity contribution in [3.8, 4) is 5.75 Å². The number of phenols is 1. The highest BCUT2D eigenvalue weighted by Crippen LogP contribution is 2.11. The molecule has 1 aromatic carbocycles. The van der Waals surface area contributed by atoms with Crippen molar-refractivity contribution in [3.05, 3.63) is 29.8 Å². The van der Waals surface area contributed by atoms with Crippen LogP contribution in [0, 0.1) is 0 Å². The van der Waals surface area contributed by atoms with Gasteiger partial charge in [0, 0.05) is 11.8 Å². The molecule has 2 atom stereocenters. The van der Waals surface area contributed by atoms with Crippen LogP contribution in [0.3, 0.4) is 0 Å². The molecule has 1 aromatic rings. The third kappa shape index (κ3) is 5.98. The molecule has 0 heterocycles. The van der Waals surface area contributed by atoms with Crippen LogP contribution in [0.1, 0.15) is 18.9 Å². The third-order valence-corrected chi connectivity index (χ3v) is 4.02. The van der Waals surface area contributed by atoms with E-state index in [9.17, 15) is 9.90 Å². The largest absolute Gasteiger partial charge is 0.508 e. The van der Waals surface area contributed by atoms with Crippen LogP contribution in [0.15, 0.2) is 24.3 Å². The molecule has 0 bridgehead atoms. The van der Waals surface area contributed by atoms with E-state index in [4.69, 9.17) is 5.73 Å². The Balaban J connectivity index is 2.34. The fourth-order valence-corrected chi connectivity index (χ4v) is 1.98. The van der Waals surface area contributed by atoms with Crippen molar-refractivity contribution in [2.45, 2.75) is 31.1 Å². The first-order chi connectivity index (χ1) is 9.02. The van der Waals surface area contributed by atoms with E-state index >= 15 is 0 Å². The molecule has 0 aliphatic carbocycles. The molecule has 0 fully saturated rings. The van der Waals surface area contributed by atoms with Gasteiger partial charge in [0.05, 0.1) is 6.04 Å². The highest BCUT2D eigenvalue weighted by Gasteiger charge is 2.13. The zero-order valence-corrected chi connectivity index (χ0v) is 12.2. The Bertz CT molecular complexity index is 395. The van der Waals surface area contributed by atoms with Gasteiger partial charge in [-0.3, -0.25) is 4.79 Å². The molecule has 0 saturated heterocycles. The Morgan fingerprint density at radius 2 is 2.05 bits per heavy atom. The molecular formula is C14H22N2O2S. The second-order valence-electron chi connectivity index (χ2n) is 4.60. The van der Waals surface area contributed by atoms with E-state index in [-0.39, 0.29) is 11.7 Å². The topological polar surface area (TPSA) is 75.4 Å². The number of rotatable bonds is 7. The molecular weight excluding hydrogens is 260 g/mol. The lowest BCUT2D eigenvalue weighted by Gasteiger charge is -2.14. The number of carbonyl (C=O) groups excluding carboxylic acids is 1. The van der Waals surface area contributed by atoms with Crippen molar-refractivity contribution in [1.82, 2.24) is 5.32 Å². The Morgan fingerprint density at radius 3 is 2.63 bits per heavy atom. The fraction of sp³-hybridized carbons (Fsp3) is 0.500. The molecule has 4 N–H and O–H groups in total. The highest BCUT2D eigenvalue weighted by atomic mass is 32.2. The summed E-state index contributed by atoms with van der Waals surface area (Å²) in [5.41, 5.74) is 6.80. The number of carbonyl (C=O) groups is 1. The van der Waals surface area contributed by atoms with Crippen molar-refractivity contribution in [2.75, 3.05) is 12.8 Å². The Kier molecular flexibility index (Phi) is 6.73. The number of hydrogen-bond acceptors (Lipinski definition) is 4. The Labute approximate surface area is 118 Å². The van der Waals surface area contributed by atoms with Crippen LogP contribution in [0.4, 0.5) is 0 Å². The van der Waals surface area contributed by atoms with Gasteiger partial charge in [-0.15, -0.1) is 0 Å². The summed E-state index contributed by atoms with van der Waals surface area (Å²) in [6.07, 6.45) is 3.48. The summed E-state index contributed by atoms with van der Waals surface area (Å²) >= 11 is 1.78. The van der Waals surface area contributed by atoms with Crippen LogP contribution in [0.2, 0.25) is 0 Å². The Hall–Kier alpha value is -1.20. The predicted octanol–water partition coefficient (Wildman–Crippen LogP) is 1.52. The SMILES string of the molecule is CSC(C)CCNC(=O)C(N)Cc1ccc(O)cc1. The lowest BCUT2D eigenvalue weighted by molar-refractivity contribution is -0.122. The van der Waals surface area contributed by atoms with Crippen molar-refractivity contribution in [1.29, 1.82) is 0 Å². The van der Waals surface area contributed by atoms with Gasteiger partial charge in [0.15, 0.2) is 0 Å². The van der Waals surface area contributed by atoms with Crippen molar-refractivity contribution >= 4 is 17.7 Å². The summed E-state index contributed by atoms with van der Waals surface area (Å²) < 4.78 is 0. The first-order valence-electron chi connectivity index (χ1n) is 6.37. The van der Waals surface area contributed by atoms with Crippen LogP contribution in [-0.4, -0.2) is 35.1 Å².